The molecule has 1 aromatic rings. The van der Waals surface area contributed by atoms with Gasteiger partial charge in [0.1, 0.15) is 0 Å². The summed E-state index contributed by atoms with van der Waals surface area (Å²) in [5.41, 5.74) is 1.13. The Bertz CT molecular complexity index is 547. The van der Waals surface area contributed by atoms with Crippen molar-refractivity contribution in [1.29, 1.82) is 0 Å². The summed E-state index contributed by atoms with van der Waals surface area (Å²) in [4.78, 5) is 4.73. The van der Waals surface area contributed by atoms with Crippen LogP contribution in [0.2, 0.25) is 5.02 Å². The minimum atomic E-state index is 0.575. The summed E-state index contributed by atoms with van der Waals surface area (Å²) < 4.78 is 5.41. The van der Waals surface area contributed by atoms with E-state index in [4.69, 9.17) is 28.6 Å². The van der Waals surface area contributed by atoms with Crippen molar-refractivity contribution in [1.82, 2.24) is 15.1 Å². The molecule has 24 heavy (non-hydrogen) atoms. The third-order valence-corrected chi connectivity index (χ3v) is 5.26. The Hall–Kier alpha value is -0.880. The minimum Gasteiger partial charge on any atom is -0.379 e. The average Bonchev–Trinajstić information content (AvgIpc) is 3.40. The van der Waals surface area contributed by atoms with Crippen molar-refractivity contribution < 1.29 is 4.74 Å². The van der Waals surface area contributed by atoms with Crippen molar-refractivity contribution in [3.63, 3.8) is 0 Å². The molecule has 1 aliphatic carbocycles. The van der Waals surface area contributed by atoms with Crippen molar-refractivity contribution >= 4 is 28.9 Å². The Labute approximate surface area is 155 Å². The molecule has 0 aromatic heterocycles. The van der Waals surface area contributed by atoms with Gasteiger partial charge in [-0.2, -0.15) is 0 Å². The number of benzene rings is 1. The largest absolute Gasteiger partial charge is 0.379 e. The molecule has 1 heterocycles. The molecule has 0 atom stereocenters. The molecule has 2 fully saturated rings. The summed E-state index contributed by atoms with van der Waals surface area (Å²) >= 11 is 12.0. The molecule has 1 saturated heterocycles. The maximum atomic E-state index is 6.33. The summed E-state index contributed by atoms with van der Waals surface area (Å²) in [5, 5.41) is 5.13. The van der Waals surface area contributed by atoms with Crippen LogP contribution in [-0.2, 0) is 11.3 Å². The lowest BCUT2D eigenvalue weighted by molar-refractivity contribution is 0.0367. The summed E-state index contributed by atoms with van der Waals surface area (Å²) in [6.07, 6.45) is 3.55. The van der Waals surface area contributed by atoms with Crippen LogP contribution in [0, 0.1) is 0 Å². The van der Waals surface area contributed by atoms with Gasteiger partial charge in [-0.15, -0.1) is 0 Å². The highest BCUT2D eigenvalue weighted by Crippen LogP contribution is 2.21. The molecular formula is C18H26ClN3OS. The lowest BCUT2D eigenvalue weighted by atomic mass is 10.2. The fourth-order valence-electron chi connectivity index (χ4n) is 2.89. The molecule has 1 N–H and O–H groups in total. The van der Waals surface area contributed by atoms with Crippen molar-refractivity contribution in [3.8, 4) is 0 Å². The van der Waals surface area contributed by atoms with Gasteiger partial charge in [-0.3, -0.25) is 4.90 Å². The van der Waals surface area contributed by atoms with Crippen LogP contribution in [0.25, 0.3) is 0 Å². The van der Waals surface area contributed by atoms with Crippen LogP contribution >= 0.6 is 23.8 Å². The lowest BCUT2D eigenvalue weighted by Gasteiger charge is -2.30. The van der Waals surface area contributed by atoms with Gasteiger partial charge in [0.15, 0.2) is 5.11 Å². The zero-order valence-corrected chi connectivity index (χ0v) is 15.6. The summed E-state index contributed by atoms with van der Waals surface area (Å²) in [5.74, 6) is 0. The van der Waals surface area contributed by atoms with Gasteiger partial charge in [0.05, 0.1) is 13.2 Å². The highest BCUT2D eigenvalue weighted by Gasteiger charge is 2.24. The van der Waals surface area contributed by atoms with Gasteiger partial charge in [-0.25, -0.2) is 0 Å². The van der Waals surface area contributed by atoms with Gasteiger partial charge in [0.25, 0.3) is 0 Å². The lowest BCUT2D eigenvalue weighted by Crippen LogP contribution is -2.42. The molecule has 1 saturated carbocycles. The van der Waals surface area contributed by atoms with E-state index >= 15 is 0 Å². The molecule has 0 unspecified atom stereocenters. The van der Waals surface area contributed by atoms with Gasteiger partial charge >= 0.3 is 0 Å². The summed E-state index contributed by atoms with van der Waals surface area (Å²) in [6.45, 7) is 6.58. The number of rotatable bonds is 7. The number of hydrogen-bond donors (Lipinski definition) is 1. The van der Waals surface area contributed by atoms with E-state index in [0.29, 0.717) is 6.04 Å². The first-order valence-corrected chi connectivity index (χ1v) is 9.60. The Morgan fingerprint density at radius 3 is 2.75 bits per heavy atom. The Kier molecular flexibility index (Phi) is 6.72. The van der Waals surface area contributed by atoms with Crippen LogP contribution in [0.3, 0.4) is 0 Å². The van der Waals surface area contributed by atoms with Crippen LogP contribution in [0.4, 0.5) is 0 Å². The van der Waals surface area contributed by atoms with E-state index in [0.717, 1.165) is 68.1 Å². The molecule has 6 heteroatoms. The second kappa shape index (κ2) is 8.99. The van der Waals surface area contributed by atoms with Gasteiger partial charge in [0, 0.05) is 43.8 Å². The molecule has 1 aromatic carbocycles. The molecular weight excluding hydrogens is 342 g/mol. The number of hydrogen-bond acceptors (Lipinski definition) is 3. The topological polar surface area (TPSA) is 27.7 Å². The number of thiocarbonyl (C=S) groups is 1. The van der Waals surface area contributed by atoms with Crippen LogP contribution in [0.1, 0.15) is 24.8 Å². The first-order chi connectivity index (χ1) is 11.7. The third kappa shape index (κ3) is 5.59. The molecule has 0 amide bonds. The van der Waals surface area contributed by atoms with Crippen LogP contribution in [0.5, 0.6) is 0 Å². The number of nitrogens with zero attached hydrogens (tertiary/aromatic N) is 2. The number of ether oxygens (including phenoxy) is 1. The smallest absolute Gasteiger partial charge is 0.169 e. The van der Waals surface area contributed by atoms with Crippen molar-refractivity contribution in [3.05, 3.63) is 34.9 Å². The molecule has 1 aliphatic heterocycles. The first-order valence-electron chi connectivity index (χ1n) is 8.81. The Morgan fingerprint density at radius 1 is 1.29 bits per heavy atom. The van der Waals surface area contributed by atoms with E-state index in [1.807, 2.05) is 18.2 Å². The fourth-order valence-corrected chi connectivity index (χ4v) is 3.41. The molecule has 4 nitrogen and oxygen atoms in total. The quantitative estimate of drug-likeness (QED) is 0.748. The van der Waals surface area contributed by atoms with E-state index in [2.05, 4.69) is 21.2 Å². The van der Waals surface area contributed by atoms with Crippen molar-refractivity contribution in [2.75, 3.05) is 39.4 Å². The van der Waals surface area contributed by atoms with E-state index in [1.165, 1.54) is 12.8 Å². The predicted molar refractivity (Wildman–Crippen MR) is 102 cm³/mol. The highest BCUT2D eigenvalue weighted by molar-refractivity contribution is 7.80. The normalized spacial score (nSPS) is 18.4. The monoisotopic (exact) mass is 367 g/mol. The number of halogens is 1. The molecule has 2 aliphatic rings. The second-order valence-electron chi connectivity index (χ2n) is 6.54. The summed E-state index contributed by atoms with van der Waals surface area (Å²) in [7, 11) is 0. The van der Waals surface area contributed by atoms with Crippen molar-refractivity contribution in [2.24, 2.45) is 0 Å². The SMILES string of the molecule is S=C(NC1CC1)N(CCCN1CCOCC1)Cc1ccccc1Cl. The van der Waals surface area contributed by atoms with E-state index in [1.54, 1.807) is 0 Å². The van der Waals surface area contributed by atoms with Gasteiger partial charge in [-0.05, 0) is 43.1 Å². The molecule has 3 rings (SSSR count). The van der Waals surface area contributed by atoms with Gasteiger partial charge in [-0.1, -0.05) is 29.8 Å². The van der Waals surface area contributed by atoms with Gasteiger partial charge < -0.3 is 15.0 Å². The average molecular weight is 368 g/mol. The van der Waals surface area contributed by atoms with Crippen LogP contribution in [0.15, 0.2) is 24.3 Å². The van der Waals surface area contributed by atoms with E-state index in [9.17, 15) is 0 Å². The second-order valence-corrected chi connectivity index (χ2v) is 7.34. The number of nitrogens with one attached hydrogen (secondary N) is 1. The van der Waals surface area contributed by atoms with E-state index < -0.39 is 0 Å². The fraction of sp³-hybridized carbons (Fsp3) is 0.611. The molecule has 132 valence electrons. The zero-order valence-electron chi connectivity index (χ0n) is 14.0. The zero-order chi connectivity index (χ0) is 16.8. The molecule has 0 radical (unpaired) electrons. The maximum absolute atomic E-state index is 6.33. The first kappa shape index (κ1) is 17.9. The Balaban J connectivity index is 1.54. The minimum absolute atomic E-state index is 0.575. The third-order valence-electron chi connectivity index (χ3n) is 4.52. The highest BCUT2D eigenvalue weighted by atomic mass is 35.5. The van der Waals surface area contributed by atoms with E-state index in [-0.39, 0.29) is 0 Å². The van der Waals surface area contributed by atoms with Gasteiger partial charge in [0.2, 0.25) is 0 Å². The number of morpholine rings is 1. The Morgan fingerprint density at radius 2 is 2.04 bits per heavy atom. The van der Waals surface area contributed by atoms with Crippen LogP contribution in [-0.4, -0.2) is 60.3 Å². The predicted octanol–water partition coefficient (Wildman–Crippen LogP) is 2.90. The summed E-state index contributed by atoms with van der Waals surface area (Å²) in [6, 6.07) is 8.60. The molecule has 0 bridgehead atoms. The standard InChI is InChI=1S/C18H26ClN3OS/c19-17-5-2-1-4-15(17)14-22(18(24)20-16-6-7-16)9-3-8-21-10-12-23-13-11-21/h1-2,4-5,16H,3,6-14H2,(H,20,24). The molecule has 0 spiro atoms. The van der Waals surface area contributed by atoms with Crippen LogP contribution < -0.4 is 5.32 Å². The maximum Gasteiger partial charge on any atom is 0.169 e. The van der Waals surface area contributed by atoms with Crippen molar-refractivity contribution in [2.45, 2.75) is 31.8 Å².